The summed E-state index contributed by atoms with van der Waals surface area (Å²) in [5.74, 6) is 1.02. The standard InChI is InChI=1S/C14H18N4S/c1-2-6-18-7-4-11(12(18)3-1)17-13-10-5-8-19-14(10)16-9-15-13/h5,8-9,11-12H,1-4,6-7H2,(H,15,16,17)/t11-,12-/m1/s1. The summed E-state index contributed by atoms with van der Waals surface area (Å²) in [5.41, 5.74) is 0. The highest BCUT2D eigenvalue weighted by Gasteiger charge is 2.35. The van der Waals surface area contributed by atoms with Crippen molar-refractivity contribution in [1.29, 1.82) is 0 Å². The van der Waals surface area contributed by atoms with E-state index in [1.165, 1.54) is 44.2 Å². The number of fused-ring (bicyclic) bond motifs is 2. The van der Waals surface area contributed by atoms with Gasteiger partial charge in [0.2, 0.25) is 0 Å². The van der Waals surface area contributed by atoms with Crippen molar-refractivity contribution < 1.29 is 0 Å². The highest BCUT2D eigenvalue weighted by molar-refractivity contribution is 7.16. The maximum Gasteiger partial charge on any atom is 0.138 e. The second-order valence-corrected chi connectivity index (χ2v) is 6.39. The molecule has 2 aromatic heterocycles. The zero-order valence-corrected chi connectivity index (χ0v) is 11.7. The molecule has 0 bridgehead atoms. The Balaban J connectivity index is 1.59. The summed E-state index contributed by atoms with van der Waals surface area (Å²) in [6.07, 6.45) is 6.98. The van der Waals surface area contributed by atoms with Gasteiger partial charge in [-0.15, -0.1) is 11.3 Å². The molecule has 4 heterocycles. The highest BCUT2D eigenvalue weighted by atomic mass is 32.1. The number of nitrogens with one attached hydrogen (secondary N) is 1. The van der Waals surface area contributed by atoms with E-state index in [0.717, 1.165) is 10.6 Å². The number of rotatable bonds is 2. The van der Waals surface area contributed by atoms with Gasteiger partial charge in [0.05, 0.1) is 5.39 Å². The molecule has 2 aromatic rings. The molecular weight excluding hydrogens is 256 g/mol. The molecule has 4 rings (SSSR count). The molecular formula is C14H18N4S. The number of piperidine rings is 1. The SMILES string of the molecule is c1nc(N[C@@H]2CCN3CCCC[C@H]23)c2ccsc2n1. The highest BCUT2D eigenvalue weighted by Crippen LogP contribution is 2.31. The third kappa shape index (κ3) is 2.01. The molecule has 1 N–H and O–H groups in total. The number of nitrogens with zero attached hydrogens (tertiary/aromatic N) is 3. The van der Waals surface area contributed by atoms with Crippen molar-refractivity contribution in [2.75, 3.05) is 18.4 Å². The first-order valence-electron chi connectivity index (χ1n) is 7.10. The average molecular weight is 274 g/mol. The molecule has 19 heavy (non-hydrogen) atoms. The minimum Gasteiger partial charge on any atom is -0.365 e. The molecule has 0 aromatic carbocycles. The predicted octanol–water partition coefficient (Wildman–Crippen LogP) is 2.73. The Morgan fingerprint density at radius 1 is 1.21 bits per heavy atom. The zero-order chi connectivity index (χ0) is 12.7. The molecule has 0 radical (unpaired) electrons. The Morgan fingerprint density at radius 2 is 2.21 bits per heavy atom. The van der Waals surface area contributed by atoms with Crippen molar-refractivity contribution in [1.82, 2.24) is 14.9 Å². The lowest BCUT2D eigenvalue weighted by Gasteiger charge is -2.32. The van der Waals surface area contributed by atoms with Crippen molar-refractivity contribution >= 4 is 27.4 Å². The van der Waals surface area contributed by atoms with Crippen LogP contribution in [0.2, 0.25) is 0 Å². The molecule has 0 amide bonds. The van der Waals surface area contributed by atoms with Gasteiger partial charge in [-0.1, -0.05) is 6.42 Å². The maximum atomic E-state index is 4.45. The molecule has 0 spiro atoms. The van der Waals surface area contributed by atoms with Gasteiger partial charge in [-0.3, -0.25) is 4.90 Å². The van der Waals surface area contributed by atoms with Gasteiger partial charge in [0.15, 0.2) is 0 Å². The van der Waals surface area contributed by atoms with Gasteiger partial charge in [-0.05, 0) is 37.3 Å². The van der Waals surface area contributed by atoms with Crippen LogP contribution in [0.25, 0.3) is 10.2 Å². The van der Waals surface area contributed by atoms with E-state index in [-0.39, 0.29) is 0 Å². The monoisotopic (exact) mass is 274 g/mol. The van der Waals surface area contributed by atoms with Gasteiger partial charge in [0.25, 0.3) is 0 Å². The summed E-state index contributed by atoms with van der Waals surface area (Å²) in [6.45, 7) is 2.51. The van der Waals surface area contributed by atoms with E-state index in [9.17, 15) is 0 Å². The molecule has 0 unspecified atom stereocenters. The van der Waals surface area contributed by atoms with E-state index in [2.05, 4.69) is 31.6 Å². The lowest BCUT2D eigenvalue weighted by Crippen LogP contribution is -2.41. The molecule has 5 heteroatoms. The van der Waals surface area contributed by atoms with E-state index in [1.54, 1.807) is 17.7 Å². The number of aromatic nitrogens is 2. The summed E-state index contributed by atoms with van der Waals surface area (Å²) in [6, 6.07) is 3.38. The molecule has 2 fully saturated rings. The van der Waals surface area contributed by atoms with Crippen LogP contribution in [-0.2, 0) is 0 Å². The fourth-order valence-electron chi connectivity index (χ4n) is 3.50. The van der Waals surface area contributed by atoms with Gasteiger partial charge in [0.1, 0.15) is 17.0 Å². The van der Waals surface area contributed by atoms with Crippen LogP contribution in [0.5, 0.6) is 0 Å². The number of anilines is 1. The maximum absolute atomic E-state index is 4.45. The van der Waals surface area contributed by atoms with Gasteiger partial charge in [-0.2, -0.15) is 0 Å². The Morgan fingerprint density at radius 3 is 3.21 bits per heavy atom. The minimum absolute atomic E-state index is 0.554. The Labute approximate surface area is 116 Å². The lowest BCUT2D eigenvalue weighted by molar-refractivity contribution is 0.192. The summed E-state index contributed by atoms with van der Waals surface area (Å²) >= 11 is 1.68. The fraction of sp³-hybridized carbons (Fsp3) is 0.571. The van der Waals surface area contributed by atoms with E-state index < -0.39 is 0 Å². The van der Waals surface area contributed by atoms with Crippen LogP contribution in [0, 0.1) is 0 Å². The van der Waals surface area contributed by atoms with E-state index in [4.69, 9.17) is 0 Å². The zero-order valence-electron chi connectivity index (χ0n) is 10.9. The van der Waals surface area contributed by atoms with E-state index in [0.29, 0.717) is 12.1 Å². The van der Waals surface area contributed by atoms with Crippen molar-refractivity contribution in [2.24, 2.45) is 0 Å². The van der Waals surface area contributed by atoms with Crippen LogP contribution in [0.1, 0.15) is 25.7 Å². The topological polar surface area (TPSA) is 41.1 Å². The average Bonchev–Trinajstić information content (AvgIpc) is 3.06. The van der Waals surface area contributed by atoms with Gasteiger partial charge in [0, 0.05) is 18.6 Å². The van der Waals surface area contributed by atoms with Gasteiger partial charge >= 0.3 is 0 Å². The van der Waals surface area contributed by atoms with Gasteiger partial charge in [-0.25, -0.2) is 9.97 Å². The molecule has 0 saturated carbocycles. The number of hydrogen-bond acceptors (Lipinski definition) is 5. The molecule has 2 aliphatic rings. The second-order valence-electron chi connectivity index (χ2n) is 5.50. The summed E-state index contributed by atoms with van der Waals surface area (Å²) in [4.78, 5) is 12.5. The van der Waals surface area contributed by atoms with Crippen LogP contribution >= 0.6 is 11.3 Å². The van der Waals surface area contributed by atoms with Crippen LogP contribution in [0.15, 0.2) is 17.8 Å². The Bertz CT molecular complexity index is 582. The summed E-state index contributed by atoms with van der Waals surface area (Å²) < 4.78 is 0. The first-order valence-corrected chi connectivity index (χ1v) is 7.98. The van der Waals surface area contributed by atoms with E-state index in [1.807, 2.05) is 0 Å². The van der Waals surface area contributed by atoms with Crippen LogP contribution in [-0.4, -0.2) is 40.0 Å². The molecule has 2 atom stereocenters. The summed E-state index contributed by atoms with van der Waals surface area (Å²) in [7, 11) is 0. The molecule has 2 saturated heterocycles. The largest absolute Gasteiger partial charge is 0.365 e. The number of hydrogen-bond donors (Lipinski definition) is 1. The number of thiophene rings is 1. The smallest absolute Gasteiger partial charge is 0.138 e. The van der Waals surface area contributed by atoms with E-state index >= 15 is 0 Å². The Kier molecular flexibility index (Phi) is 2.89. The second kappa shape index (κ2) is 4.72. The summed E-state index contributed by atoms with van der Waals surface area (Å²) in [5, 5.41) is 6.94. The van der Waals surface area contributed by atoms with Crippen molar-refractivity contribution in [3.05, 3.63) is 17.8 Å². The third-order valence-corrected chi connectivity index (χ3v) is 5.26. The third-order valence-electron chi connectivity index (χ3n) is 4.44. The van der Waals surface area contributed by atoms with Crippen molar-refractivity contribution in [3.8, 4) is 0 Å². The first-order chi connectivity index (χ1) is 9.42. The predicted molar refractivity (Wildman–Crippen MR) is 78.7 cm³/mol. The fourth-order valence-corrected chi connectivity index (χ4v) is 4.23. The molecule has 2 aliphatic heterocycles. The van der Waals surface area contributed by atoms with Crippen LogP contribution < -0.4 is 5.32 Å². The molecule has 0 aliphatic carbocycles. The van der Waals surface area contributed by atoms with Crippen LogP contribution in [0.3, 0.4) is 0 Å². The first kappa shape index (κ1) is 11.6. The quantitative estimate of drug-likeness (QED) is 0.914. The minimum atomic E-state index is 0.554. The van der Waals surface area contributed by atoms with Gasteiger partial charge < -0.3 is 5.32 Å². The Hall–Kier alpha value is -1.20. The van der Waals surface area contributed by atoms with Crippen LogP contribution in [0.4, 0.5) is 5.82 Å². The van der Waals surface area contributed by atoms with Crippen molar-refractivity contribution in [3.63, 3.8) is 0 Å². The van der Waals surface area contributed by atoms with Crippen molar-refractivity contribution in [2.45, 2.75) is 37.8 Å². The molecule has 4 nitrogen and oxygen atoms in total. The normalized spacial score (nSPS) is 27.6. The molecule has 100 valence electrons. The lowest BCUT2D eigenvalue weighted by atomic mass is 9.99.